The number of anilines is 2. The molecule has 0 saturated carbocycles. The third-order valence-corrected chi connectivity index (χ3v) is 5.80. The second-order valence-corrected chi connectivity index (χ2v) is 7.47. The molecular formula is C19H20BrN5O4. The van der Waals surface area contributed by atoms with Gasteiger partial charge in [-0.2, -0.15) is 10.4 Å². The number of nitriles is 1. The molecule has 2 atom stereocenters. The van der Waals surface area contributed by atoms with Gasteiger partial charge < -0.3 is 20.5 Å². The molecule has 0 unspecified atom stereocenters. The normalized spacial score (nSPS) is 18.7. The van der Waals surface area contributed by atoms with Crippen LogP contribution in [0.4, 0.5) is 11.5 Å². The zero-order valence-electron chi connectivity index (χ0n) is 15.9. The van der Waals surface area contributed by atoms with Crippen molar-refractivity contribution in [2.75, 3.05) is 25.6 Å². The van der Waals surface area contributed by atoms with Crippen LogP contribution in [0.2, 0.25) is 0 Å². The number of benzene rings is 1. The molecular weight excluding hydrogens is 442 g/mol. The Balaban J connectivity index is 1.98. The molecule has 0 aliphatic carbocycles. The van der Waals surface area contributed by atoms with Crippen LogP contribution in [0, 0.1) is 24.2 Å². The van der Waals surface area contributed by atoms with Gasteiger partial charge in [-0.05, 0) is 47.0 Å². The highest BCUT2D eigenvalue weighted by Crippen LogP contribution is 2.31. The highest BCUT2D eigenvalue weighted by Gasteiger charge is 2.29. The number of carbonyl (C=O) groups is 2. The van der Waals surface area contributed by atoms with Gasteiger partial charge in [-0.1, -0.05) is 0 Å². The standard InChI is InChI=1S/C19H20BrN5O4/c1-10-5-12(6-13(16(10)20)19(27)28-2)23-18-14(17(22)26)8-25(24-18)15-9-29-4-3-11(15)7-21/h5-6,8,11,15H,3-4,9H2,1-2H3,(H2,22,26)(H,23,24)/t11-,15+/m1/s1. The van der Waals surface area contributed by atoms with Gasteiger partial charge in [-0.15, -0.1) is 0 Å². The Bertz CT molecular complexity index is 997. The third kappa shape index (κ3) is 4.26. The van der Waals surface area contributed by atoms with Crippen LogP contribution in [0.5, 0.6) is 0 Å². The first kappa shape index (κ1) is 20.8. The molecule has 29 heavy (non-hydrogen) atoms. The molecule has 1 aliphatic heterocycles. The Morgan fingerprint density at radius 1 is 1.45 bits per heavy atom. The van der Waals surface area contributed by atoms with Gasteiger partial charge in [-0.25, -0.2) is 4.79 Å². The number of primary amides is 1. The number of hydrogen-bond donors (Lipinski definition) is 2. The van der Waals surface area contributed by atoms with Crippen LogP contribution < -0.4 is 11.1 Å². The minimum Gasteiger partial charge on any atom is -0.465 e. The van der Waals surface area contributed by atoms with E-state index >= 15 is 0 Å². The summed E-state index contributed by atoms with van der Waals surface area (Å²) in [5.74, 6) is -1.21. The molecule has 1 aromatic carbocycles. The van der Waals surface area contributed by atoms with Crippen LogP contribution in [0.1, 0.15) is 38.7 Å². The second-order valence-electron chi connectivity index (χ2n) is 6.67. The summed E-state index contributed by atoms with van der Waals surface area (Å²) in [6.45, 7) is 2.66. The summed E-state index contributed by atoms with van der Waals surface area (Å²) in [6.07, 6.45) is 2.10. The van der Waals surface area contributed by atoms with E-state index in [9.17, 15) is 14.9 Å². The maximum absolute atomic E-state index is 12.0. The summed E-state index contributed by atoms with van der Waals surface area (Å²) in [4.78, 5) is 24.0. The van der Waals surface area contributed by atoms with Gasteiger partial charge in [0.25, 0.3) is 5.91 Å². The number of ether oxygens (including phenoxy) is 2. The van der Waals surface area contributed by atoms with Gasteiger partial charge in [0.1, 0.15) is 5.56 Å². The molecule has 3 N–H and O–H groups in total. The van der Waals surface area contributed by atoms with Gasteiger partial charge in [0.05, 0.1) is 37.3 Å². The fourth-order valence-electron chi connectivity index (χ4n) is 3.21. The number of nitrogens with zero attached hydrogens (tertiary/aromatic N) is 3. The molecule has 1 saturated heterocycles. The number of nitrogens with one attached hydrogen (secondary N) is 1. The van der Waals surface area contributed by atoms with Crippen molar-refractivity contribution in [3.63, 3.8) is 0 Å². The molecule has 1 aromatic heterocycles. The molecule has 10 heteroatoms. The smallest absolute Gasteiger partial charge is 0.339 e. The number of methoxy groups -OCH3 is 1. The Morgan fingerprint density at radius 2 is 2.21 bits per heavy atom. The van der Waals surface area contributed by atoms with Crippen molar-refractivity contribution in [1.82, 2.24) is 9.78 Å². The summed E-state index contributed by atoms with van der Waals surface area (Å²) in [5, 5.41) is 16.9. The number of halogens is 1. The Morgan fingerprint density at radius 3 is 2.86 bits per heavy atom. The minimum atomic E-state index is -0.661. The number of amides is 1. The van der Waals surface area contributed by atoms with E-state index in [1.54, 1.807) is 16.8 Å². The summed E-state index contributed by atoms with van der Waals surface area (Å²) in [7, 11) is 1.30. The van der Waals surface area contributed by atoms with Crippen molar-refractivity contribution >= 4 is 39.3 Å². The maximum Gasteiger partial charge on any atom is 0.339 e. The number of aromatic nitrogens is 2. The molecule has 2 heterocycles. The number of hydrogen-bond acceptors (Lipinski definition) is 7. The van der Waals surface area contributed by atoms with Gasteiger partial charge in [0.2, 0.25) is 0 Å². The molecule has 9 nitrogen and oxygen atoms in total. The molecule has 1 fully saturated rings. The first-order chi connectivity index (χ1) is 13.8. The van der Waals surface area contributed by atoms with Crippen molar-refractivity contribution in [3.8, 4) is 6.07 Å². The number of aryl methyl sites for hydroxylation is 1. The van der Waals surface area contributed by atoms with E-state index in [4.69, 9.17) is 15.2 Å². The zero-order valence-corrected chi connectivity index (χ0v) is 17.5. The summed E-state index contributed by atoms with van der Waals surface area (Å²) in [5.41, 5.74) is 7.36. The van der Waals surface area contributed by atoms with Crippen LogP contribution >= 0.6 is 15.9 Å². The fraction of sp³-hybridized carbons (Fsp3) is 0.368. The highest BCUT2D eigenvalue weighted by molar-refractivity contribution is 9.10. The number of carbonyl (C=O) groups excluding carboxylic acids is 2. The van der Waals surface area contributed by atoms with Gasteiger partial charge in [-0.3, -0.25) is 9.48 Å². The van der Waals surface area contributed by atoms with E-state index in [-0.39, 0.29) is 23.3 Å². The summed E-state index contributed by atoms with van der Waals surface area (Å²) < 4.78 is 12.4. The molecule has 1 amide bonds. The molecule has 0 bridgehead atoms. The maximum atomic E-state index is 12.0. The lowest BCUT2D eigenvalue weighted by Crippen LogP contribution is -2.29. The monoisotopic (exact) mass is 461 g/mol. The summed E-state index contributed by atoms with van der Waals surface area (Å²) in [6, 6.07) is 5.33. The van der Waals surface area contributed by atoms with Crippen molar-refractivity contribution in [2.24, 2.45) is 11.7 Å². The average molecular weight is 462 g/mol. The predicted molar refractivity (Wildman–Crippen MR) is 108 cm³/mol. The highest BCUT2D eigenvalue weighted by atomic mass is 79.9. The van der Waals surface area contributed by atoms with Crippen LogP contribution in [0.3, 0.4) is 0 Å². The Hall–Kier alpha value is -2.90. The van der Waals surface area contributed by atoms with Crippen molar-refractivity contribution in [3.05, 3.63) is 39.5 Å². The Labute approximate surface area is 175 Å². The van der Waals surface area contributed by atoms with E-state index in [1.807, 2.05) is 6.92 Å². The predicted octanol–water partition coefficient (Wildman–Crippen LogP) is 2.68. The van der Waals surface area contributed by atoms with E-state index in [0.29, 0.717) is 35.4 Å². The van der Waals surface area contributed by atoms with Crippen molar-refractivity contribution < 1.29 is 19.1 Å². The van der Waals surface area contributed by atoms with Crippen LogP contribution in [0.15, 0.2) is 22.8 Å². The lowest BCUT2D eigenvalue weighted by Gasteiger charge is -2.26. The largest absolute Gasteiger partial charge is 0.465 e. The lowest BCUT2D eigenvalue weighted by atomic mass is 9.97. The molecule has 0 radical (unpaired) electrons. The van der Waals surface area contributed by atoms with Crippen molar-refractivity contribution in [1.29, 1.82) is 5.26 Å². The average Bonchev–Trinajstić information content (AvgIpc) is 3.13. The van der Waals surface area contributed by atoms with E-state index in [0.717, 1.165) is 5.56 Å². The number of rotatable bonds is 5. The van der Waals surface area contributed by atoms with E-state index in [2.05, 4.69) is 32.4 Å². The molecule has 0 spiro atoms. The Kier molecular flexibility index (Phi) is 6.20. The quantitative estimate of drug-likeness (QED) is 0.653. The van der Waals surface area contributed by atoms with Gasteiger partial charge >= 0.3 is 5.97 Å². The van der Waals surface area contributed by atoms with E-state index in [1.165, 1.54) is 13.3 Å². The molecule has 3 rings (SSSR count). The molecule has 2 aromatic rings. The first-order valence-electron chi connectivity index (χ1n) is 8.87. The van der Waals surface area contributed by atoms with Crippen LogP contribution in [-0.4, -0.2) is 42.0 Å². The van der Waals surface area contributed by atoms with E-state index < -0.39 is 11.9 Å². The lowest BCUT2D eigenvalue weighted by molar-refractivity contribution is 0.0342. The minimum absolute atomic E-state index is 0.174. The first-order valence-corrected chi connectivity index (χ1v) is 9.66. The van der Waals surface area contributed by atoms with Gasteiger partial charge in [0.15, 0.2) is 5.82 Å². The number of nitrogens with two attached hydrogens (primary N) is 1. The zero-order chi connectivity index (χ0) is 21.1. The SMILES string of the molecule is COC(=O)c1cc(Nc2nn([C@H]3COCC[C@@H]3C#N)cc2C(N)=O)cc(C)c1Br. The van der Waals surface area contributed by atoms with Crippen LogP contribution in [-0.2, 0) is 9.47 Å². The molecule has 152 valence electrons. The van der Waals surface area contributed by atoms with Crippen molar-refractivity contribution in [2.45, 2.75) is 19.4 Å². The number of esters is 1. The summed E-state index contributed by atoms with van der Waals surface area (Å²) >= 11 is 3.38. The topological polar surface area (TPSA) is 132 Å². The third-order valence-electron chi connectivity index (χ3n) is 4.75. The fourth-order valence-corrected chi connectivity index (χ4v) is 3.60. The second kappa shape index (κ2) is 8.63. The van der Waals surface area contributed by atoms with Crippen LogP contribution in [0.25, 0.3) is 0 Å². The molecule has 1 aliphatic rings. The van der Waals surface area contributed by atoms with Gasteiger partial charge in [0, 0.05) is 23.0 Å².